The molecule has 0 unspecified atom stereocenters. The Morgan fingerprint density at radius 2 is 1.96 bits per heavy atom. The van der Waals surface area contributed by atoms with E-state index < -0.39 is 4.92 Å². The molecule has 2 aromatic rings. The SMILES string of the molecule is CNC(=O)c1cc([N+](=O)[O-])ccc1NC/C=C/c1ccccc1. The van der Waals surface area contributed by atoms with Crippen molar-refractivity contribution in [1.82, 2.24) is 5.32 Å². The van der Waals surface area contributed by atoms with Crippen LogP contribution in [0.15, 0.2) is 54.6 Å². The second-order valence-corrected chi connectivity index (χ2v) is 4.76. The molecule has 0 saturated carbocycles. The van der Waals surface area contributed by atoms with Crippen molar-refractivity contribution in [2.24, 2.45) is 0 Å². The highest BCUT2D eigenvalue weighted by atomic mass is 16.6. The summed E-state index contributed by atoms with van der Waals surface area (Å²) in [6.45, 7) is 0.497. The van der Waals surface area contributed by atoms with Crippen LogP contribution in [0.5, 0.6) is 0 Å². The van der Waals surface area contributed by atoms with Gasteiger partial charge in [0.2, 0.25) is 0 Å². The highest BCUT2D eigenvalue weighted by Crippen LogP contribution is 2.22. The fraction of sp³-hybridized carbons (Fsp3) is 0.118. The molecule has 0 bridgehead atoms. The first-order valence-corrected chi connectivity index (χ1v) is 7.08. The Morgan fingerprint density at radius 1 is 1.22 bits per heavy atom. The van der Waals surface area contributed by atoms with Gasteiger partial charge in [-0.05, 0) is 11.6 Å². The molecule has 6 nitrogen and oxygen atoms in total. The van der Waals surface area contributed by atoms with Gasteiger partial charge >= 0.3 is 0 Å². The van der Waals surface area contributed by atoms with Gasteiger partial charge < -0.3 is 10.6 Å². The fourth-order valence-corrected chi connectivity index (χ4v) is 2.05. The highest BCUT2D eigenvalue weighted by Gasteiger charge is 2.15. The monoisotopic (exact) mass is 311 g/mol. The molecule has 2 N–H and O–H groups in total. The van der Waals surface area contributed by atoms with E-state index in [1.807, 2.05) is 42.5 Å². The molecule has 0 fully saturated rings. The van der Waals surface area contributed by atoms with Gasteiger partial charge in [-0.25, -0.2) is 0 Å². The van der Waals surface area contributed by atoms with Crippen molar-refractivity contribution in [2.75, 3.05) is 18.9 Å². The predicted molar refractivity (Wildman–Crippen MR) is 90.5 cm³/mol. The van der Waals surface area contributed by atoms with E-state index in [-0.39, 0.29) is 17.2 Å². The molecular weight excluding hydrogens is 294 g/mol. The zero-order valence-corrected chi connectivity index (χ0v) is 12.7. The Balaban J connectivity index is 2.11. The van der Waals surface area contributed by atoms with Crippen molar-refractivity contribution in [3.8, 4) is 0 Å². The largest absolute Gasteiger partial charge is 0.381 e. The molecule has 0 spiro atoms. The first kappa shape index (κ1) is 16.2. The summed E-state index contributed by atoms with van der Waals surface area (Å²) in [5, 5.41) is 16.4. The maximum atomic E-state index is 11.9. The Morgan fingerprint density at radius 3 is 2.61 bits per heavy atom. The molecule has 0 aromatic heterocycles. The van der Waals surface area contributed by atoms with Crippen LogP contribution in [0.1, 0.15) is 15.9 Å². The lowest BCUT2D eigenvalue weighted by Gasteiger charge is -2.09. The minimum Gasteiger partial charge on any atom is -0.381 e. The number of hydrogen-bond acceptors (Lipinski definition) is 4. The standard InChI is InChI=1S/C17H17N3O3/c1-18-17(21)15-12-14(20(22)23)9-10-16(15)19-11-5-8-13-6-3-2-4-7-13/h2-10,12,19H,11H2,1H3,(H,18,21)/b8-5+. The number of hydrogen-bond donors (Lipinski definition) is 2. The number of anilines is 1. The van der Waals surface area contributed by atoms with Crippen LogP contribution < -0.4 is 10.6 Å². The van der Waals surface area contributed by atoms with Crippen molar-refractivity contribution >= 4 is 23.4 Å². The van der Waals surface area contributed by atoms with Gasteiger partial charge in [0.1, 0.15) is 0 Å². The lowest BCUT2D eigenvalue weighted by Crippen LogP contribution is -2.20. The Hall–Kier alpha value is -3.15. The second kappa shape index (κ2) is 7.74. The first-order chi connectivity index (χ1) is 11.1. The summed E-state index contributed by atoms with van der Waals surface area (Å²) in [4.78, 5) is 22.2. The molecule has 0 aliphatic rings. The van der Waals surface area contributed by atoms with Crippen LogP contribution in [0.2, 0.25) is 0 Å². The van der Waals surface area contributed by atoms with Crippen molar-refractivity contribution in [1.29, 1.82) is 0 Å². The number of nitrogens with one attached hydrogen (secondary N) is 2. The van der Waals surface area contributed by atoms with Crippen LogP contribution in [0, 0.1) is 10.1 Å². The average Bonchev–Trinajstić information content (AvgIpc) is 2.58. The summed E-state index contributed by atoms with van der Waals surface area (Å²) in [7, 11) is 1.49. The Bertz CT molecular complexity index is 727. The van der Waals surface area contributed by atoms with Crippen LogP contribution in [0.25, 0.3) is 6.08 Å². The average molecular weight is 311 g/mol. The number of rotatable bonds is 6. The van der Waals surface area contributed by atoms with E-state index in [4.69, 9.17) is 0 Å². The fourth-order valence-electron chi connectivity index (χ4n) is 2.05. The number of nitrogens with zero attached hydrogens (tertiary/aromatic N) is 1. The zero-order valence-electron chi connectivity index (χ0n) is 12.7. The molecule has 0 aliphatic heterocycles. The predicted octanol–water partition coefficient (Wildman–Crippen LogP) is 3.08. The third kappa shape index (κ3) is 4.41. The summed E-state index contributed by atoms with van der Waals surface area (Å²) in [6.07, 6.45) is 3.88. The van der Waals surface area contributed by atoms with Gasteiger partial charge in [-0.1, -0.05) is 42.5 Å². The number of carbonyl (C=O) groups excluding carboxylic acids is 1. The van der Waals surface area contributed by atoms with Gasteiger partial charge in [-0.15, -0.1) is 0 Å². The number of amides is 1. The highest BCUT2D eigenvalue weighted by molar-refractivity contribution is 6.00. The normalized spacial score (nSPS) is 10.5. The third-order valence-corrected chi connectivity index (χ3v) is 3.21. The molecule has 2 aromatic carbocycles. The lowest BCUT2D eigenvalue weighted by molar-refractivity contribution is -0.384. The molecule has 6 heteroatoms. The van der Waals surface area contributed by atoms with Crippen molar-refractivity contribution in [2.45, 2.75) is 0 Å². The molecular formula is C17H17N3O3. The third-order valence-electron chi connectivity index (χ3n) is 3.21. The molecule has 0 radical (unpaired) electrons. The smallest absolute Gasteiger partial charge is 0.270 e. The number of benzene rings is 2. The molecule has 1 amide bonds. The van der Waals surface area contributed by atoms with Crippen LogP contribution in [-0.4, -0.2) is 24.4 Å². The van der Waals surface area contributed by atoms with Crippen molar-refractivity contribution < 1.29 is 9.72 Å². The molecule has 0 atom stereocenters. The minimum absolute atomic E-state index is 0.117. The number of nitro groups is 1. The second-order valence-electron chi connectivity index (χ2n) is 4.76. The Labute approximate surface area is 134 Å². The first-order valence-electron chi connectivity index (χ1n) is 7.08. The van der Waals surface area contributed by atoms with E-state index in [1.54, 1.807) is 6.07 Å². The van der Waals surface area contributed by atoms with Gasteiger partial charge in [-0.3, -0.25) is 14.9 Å². The van der Waals surface area contributed by atoms with Gasteiger partial charge in [-0.2, -0.15) is 0 Å². The summed E-state index contributed by atoms with van der Waals surface area (Å²) in [5.74, 6) is -0.372. The number of non-ortho nitro benzene ring substituents is 1. The maximum absolute atomic E-state index is 11.9. The quantitative estimate of drug-likeness (QED) is 0.634. The minimum atomic E-state index is -0.522. The molecule has 118 valence electrons. The number of nitro benzene ring substituents is 1. The van der Waals surface area contributed by atoms with Crippen LogP contribution in [0.3, 0.4) is 0 Å². The van der Waals surface area contributed by atoms with E-state index in [0.717, 1.165) is 5.56 Å². The molecule has 0 heterocycles. The number of carbonyl (C=O) groups is 1. The lowest BCUT2D eigenvalue weighted by atomic mass is 10.1. The van der Waals surface area contributed by atoms with Crippen LogP contribution in [0.4, 0.5) is 11.4 Å². The molecule has 0 saturated heterocycles. The van der Waals surface area contributed by atoms with Gasteiger partial charge in [0.15, 0.2) is 0 Å². The summed E-state index contributed by atoms with van der Waals surface area (Å²) in [6, 6.07) is 14.0. The van der Waals surface area contributed by atoms with E-state index in [0.29, 0.717) is 12.2 Å². The van der Waals surface area contributed by atoms with Crippen LogP contribution >= 0.6 is 0 Å². The summed E-state index contributed by atoms with van der Waals surface area (Å²) in [5.41, 5.74) is 1.75. The summed E-state index contributed by atoms with van der Waals surface area (Å²) >= 11 is 0. The van der Waals surface area contributed by atoms with Gasteiger partial charge in [0.05, 0.1) is 10.5 Å². The van der Waals surface area contributed by atoms with Crippen molar-refractivity contribution in [3.63, 3.8) is 0 Å². The maximum Gasteiger partial charge on any atom is 0.270 e. The van der Waals surface area contributed by atoms with E-state index in [1.165, 1.54) is 19.2 Å². The van der Waals surface area contributed by atoms with E-state index >= 15 is 0 Å². The molecule has 23 heavy (non-hydrogen) atoms. The zero-order chi connectivity index (χ0) is 16.7. The van der Waals surface area contributed by atoms with Crippen LogP contribution in [-0.2, 0) is 0 Å². The Kier molecular flexibility index (Phi) is 5.46. The molecule has 2 rings (SSSR count). The topological polar surface area (TPSA) is 84.3 Å². The van der Waals surface area contributed by atoms with Gasteiger partial charge in [0.25, 0.3) is 11.6 Å². The summed E-state index contributed by atoms with van der Waals surface area (Å²) < 4.78 is 0. The van der Waals surface area contributed by atoms with E-state index in [2.05, 4.69) is 10.6 Å². The van der Waals surface area contributed by atoms with Gasteiger partial charge in [0, 0.05) is 31.4 Å². The molecule has 0 aliphatic carbocycles. The van der Waals surface area contributed by atoms with E-state index in [9.17, 15) is 14.9 Å². The van der Waals surface area contributed by atoms with Crippen molar-refractivity contribution in [3.05, 3.63) is 75.8 Å².